The van der Waals surface area contributed by atoms with Gasteiger partial charge in [0.2, 0.25) is 11.8 Å². The number of carbonyl (C=O) groups is 2. The third-order valence-electron chi connectivity index (χ3n) is 5.71. The first-order valence-corrected chi connectivity index (χ1v) is 9.85. The van der Waals surface area contributed by atoms with Gasteiger partial charge in [-0.25, -0.2) is 4.68 Å². The number of nitrogens with one attached hydrogen (secondary N) is 1. The van der Waals surface area contributed by atoms with Gasteiger partial charge in [-0.2, -0.15) is 5.10 Å². The molecule has 5 rings (SSSR count). The van der Waals surface area contributed by atoms with Crippen LogP contribution in [0.25, 0.3) is 0 Å². The smallest absolute Gasteiger partial charge is 0.242 e. The number of rotatable bonds is 2. The number of hydrogen-bond acceptors (Lipinski definition) is 3. The largest absolute Gasteiger partial charge is 0.314 e. The number of likely N-dealkylation sites (N-methyl/N-ethyl adjacent to an activating group) is 1. The maximum absolute atomic E-state index is 13.4. The summed E-state index contributed by atoms with van der Waals surface area (Å²) in [5.41, 5.74) is 1.88. The van der Waals surface area contributed by atoms with Gasteiger partial charge in [-0.3, -0.25) is 9.59 Å². The first-order chi connectivity index (χ1) is 13.9. The van der Waals surface area contributed by atoms with Crippen molar-refractivity contribution < 1.29 is 9.59 Å². The Kier molecular flexibility index (Phi) is 3.98. The van der Waals surface area contributed by atoms with Crippen molar-refractivity contribution in [2.75, 3.05) is 17.3 Å². The van der Waals surface area contributed by atoms with E-state index in [1.807, 2.05) is 24.3 Å². The molecule has 0 aliphatic carbocycles. The molecule has 0 unspecified atom stereocenters. The van der Waals surface area contributed by atoms with Crippen molar-refractivity contribution in [1.82, 2.24) is 9.78 Å². The number of aromatic nitrogens is 2. The average Bonchev–Trinajstić information content (AvgIpc) is 3.18. The van der Waals surface area contributed by atoms with Crippen LogP contribution in [0.5, 0.6) is 0 Å². The molecule has 1 spiro atoms. The number of amides is 2. The Morgan fingerprint density at radius 3 is 2.72 bits per heavy atom. The van der Waals surface area contributed by atoms with E-state index in [9.17, 15) is 9.59 Å². The van der Waals surface area contributed by atoms with E-state index >= 15 is 0 Å². The third kappa shape index (κ3) is 2.52. The molecule has 6 nitrogen and oxygen atoms in total. The lowest BCUT2D eigenvalue weighted by Crippen LogP contribution is -2.45. The normalized spacial score (nSPS) is 20.0. The van der Waals surface area contributed by atoms with Crippen molar-refractivity contribution in [1.29, 1.82) is 0 Å². The molecule has 0 saturated carbocycles. The summed E-state index contributed by atoms with van der Waals surface area (Å²) in [5.74, 6) is 0.104. The van der Waals surface area contributed by atoms with Crippen LogP contribution in [0.1, 0.15) is 23.1 Å². The van der Waals surface area contributed by atoms with E-state index in [1.165, 1.54) is 0 Å². The minimum Gasteiger partial charge on any atom is -0.314 e. The summed E-state index contributed by atoms with van der Waals surface area (Å²) in [5, 5.41) is 8.51. The molecule has 0 saturated heterocycles. The Balaban J connectivity index is 1.70. The molecule has 0 radical (unpaired) electrons. The van der Waals surface area contributed by atoms with Gasteiger partial charge in [0.05, 0.1) is 12.7 Å². The Labute approximate surface area is 177 Å². The minimum absolute atomic E-state index is 0.00824. The maximum Gasteiger partial charge on any atom is 0.242 e. The minimum atomic E-state index is -1.13. The monoisotopic (exact) mass is 426 g/mol. The van der Waals surface area contributed by atoms with Gasteiger partial charge in [0, 0.05) is 34.8 Å². The summed E-state index contributed by atoms with van der Waals surface area (Å²) < 4.78 is 1.67. The molecular weight excluding hydrogens is 411 g/mol. The molecule has 2 aliphatic rings. The van der Waals surface area contributed by atoms with E-state index < -0.39 is 5.41 Å². The van der Waals surface area contributed by atoms with Crippen molar-refractivity contribution >= 4 is 46.5 Å². The fourth-order valence-corrected chi connectivity index (χ4v) is 4.70. The zero-order valence-corrected chi connectivity index (χ0v) is 17.0. The fourth-order valence-electron chi connectivity index (χ4n) is 4.33. The van der Waals surface area contributed by atoms with Crippen LogP contribution in [0.3, 0.4) is 0 Å². The SMILES string of the molecule is CN1C(=O)[C@]2(CC(=O)Nc3c2cnn3Cc2ccccc2Cl)c2cc(Cl)ccc21. The topological polar surface area (TPSA) is 67.2 Å². The maximum atomic E-state index is 13.4. The van der Waals surface area contributed by atoms with E-state index in [0.717, 1.165) is 16.8 Å². The van der Waals surface area contributed by atoms with Gasteiger partial charge < -0.3 is 10.2 Å². The molecule has 2 aliphatic heterocycles. The van der Waals surface area contributed by atoms with Crippen LogP contribution in [0, 0.1) is 0 Å². The summed E-state index contributed by atoms with van der Waals surface area (Å²) in [7, 11) is 1.71. The Hall–Kier alpha value is -2.83. The molecule has 146 valence electrons. The van der Waals surface area contributed by atoms with E-state index in [2.05, 4.69) is 10.4 Å². The predicted octanol–water partition coefficient (Wildman–Crippen LogP) is 3.84. The number of benzene rings is 2. The highest BCUT2D eigenvalue weighted by Crippen LogP contribution is 2.52. The van der Waals surface area contributed by atoms with Crippen molar-refractivity contribution in [3.63, 3.8) is 0 Å². The molecule has 29 heavy (non-hydrogen) atoms. The van der Waals surface area contributed by atoms with Crippen LogP contribution in [-0.2, 0) is 21.5 Å². The molecule has 0 bridgehead atoms. The van der Waals surface area contributed by atoms with Crippen molar-refractivity contribution in [2.45, 2.75) is 18.4 Å². The second kappa shape index (κ2) is 6.34. The van der Waals surface area contributed by atoms with E-state index in [4.69, 9.17) is 23.2 Å². The van der Waals surface area contributed by atoms with E-state index in [0.29, 0.717) is 28.0 Å². The van der Waals surface area contributed by atoms with Crippen LogP contribution < -0.4 is 10.2 Å². The second-order valence-electron chi connectivity index (χ2n) is 7.31. The number of hydrogen-bond donors (Lipinski definition) is 1. The van der Waals surface area contributed by atoms with Crippen molar-refractivity contribution in [3.8, 4) is 0 Å². The van der Waals surface area contributed by atoms with Gasteiger partial charge in [-0.1, -0.05) is 41.4 Å². The van der Waals surface area contributed by atoms with E-state index in [-0.39, 0.29) is 18.2 Å². The first-order valence-electron chi connectivity index (χ1n) is 9.09. The summed E-state index contributed by atoms with van der Waals surface area (Å²) >= 11 is 12.5. The molecule has 1 atom stereocenters. The van der Waals surface area contributed by atoms with Gasteiger partial charge in [0.15, 0.2) is 0 Å². The molecule has 1 N–H and O–H groups in total. The predicted molar refractivity (Wildman–Crippen MR) is 112 cm³/mol. The summed E-state index contributed by atoms with van der Waals surface area (Å²) in [4.78, 5) is 27.7. The quantitative estimate of drug-likeness (QED) is 0.676. The van der Waals surface area contributed by atoms with Crippen molar-refractivity contribution in [2.24, 2.45) is 0 Å². The Morgan fingerprint density at radius 2 is 1.93 bits per heavy atom. The summed E-state index contributed by atoms with van der Waals surface area (Å²) in [6, 6.07) is 12.8. The molecular formula is C21H16Cl2N4O2. The summed E-state index contributed by atoms with van der Waals surface area (Å²) in [6.07, 6.45) is 1.67. The lowest BCUT2D eigenvalue weighted by atomic mass is 9.72. The molecule has 0 fully saturated rings. The third-order valence-corrected chi connectivity index (χ3v) is 6.31. The van der Waals surface area contributed by atoms with Crippen LogP contribution in [0.4, 0.5) is 11.5 Å². The van der Waals surface area contributed by atoms with Gasteiger partial charge in [-0.15, -0.1) is 0 Å². The average molecular weight is 427 g/mol. The molecule has 1 aromatic heterocycles. The molecule has 3 heterocycles. The van der Waals surface area contributed by atoms with Gasteiger partial charge in [0.25, 0.3) is 0 Å². The van der Waals surface area contributed by atoms with Gasteiger partial charge in [0.1, 0.15) is 11.2 Å². The standard InChI is InChI=1S/C21H16Cl2N4O2/c1-26-17-7-6-13(22)8-14(17)21(20(26)29)9-18(28)25-19-15(21)10-24-27(19)11-12-4-2-3-5-16(12)23/h2-8,10H,9,11H2,1H3,(H,25,28)/t21-/m1/s1. The highest BCUT2D eigenvalue weighted by Gasteiger charge is 2.56. The molecule has 8 heteroatoms. The number of nitrogens with zero attached hydrogens (tertiary/aromatic N) is 3. The van der Waals surface area contributed by atoms with E-state index in [1.54, 1.807) is 41.0 Å². The van der Waals surface area contributed by atoms with Crippen LogP contribution >= 0.6 is 23.2 Å². The Morgan fingerprint density at radius 1 is 1.14 bits per heavy atom. The number of halogens is 2. The molecule has 2 aromatic carbocycles. The Bertz CT molecular complexity index is 1190. The van der Waals surface area contributed by atoms with Crippen LogP contribution in [0.2, 0.25) is 10.0 Å². The zero-order valence-electron chi connectivity index (χ0n) is 15.4. The lowest BCUT2D eigenvalue weighted by Gasteiger charge is -2.32. The van der Waals surface area contributed by atoms with Crippen LogP contribution in [-0.4, -0.2) is 28.6 Å². The number of anilines is 2. The fraction of sp³-hybridized carbons (Fsp3) is 0.190. The lowest BCUT2D eigenvalue weighted by molar-refractivity contribution is -0.126. The molecule has 3 aromatic rings. The second-order valence-corrected chi connectivity index (χ2v) is 8.16. The summed E-state index contributed by atoms with van der Waals surface area (Å²) in [6.45, 7) is 0.373. The van der Waals surface area contributed by atoms with Crippen LogP contribution in [0.15, 0.2) is 48.7 Å². The highest BCUT2D eigenvalue weighted by molar-refractivity contribution is 6.31. The molecule has 2 amide bonds. The van der Waals surface area contributed by atoms with Crippen molar-refractivity contribution in [3.05, 3.63) is 75.4 Å². The highest BCUT2D eigenvalue weighted by atomic mass is 35.5. The van der Waals surface area contributed by atoms with Gasteiger partial charge >= 0.3 is 0 Å². The number of fused-ring (bicyclic) bond motifs is 4. The zero-order chi connectivity index (χ0) is 20.3. The van der Waals surface area contributed by atoms with Gasteiger partial charge in [-0.05, 0) is 35.4 Å². The first kappa shape index (κ1) is 18.2. The number of carbonyl (C=O) groups excluding carboxylic acids is 2.